The van der Waals surface area contributed by atoms with Crippen LogP contribution in [0.1, 0.15) is 36.0 Å². The summed E-state index contributed by atoms with van der Waals surface area (Å²) < 4.78 is 54.1. The maximum absolute atomic E-state index is 13.5. The molecule has 2 fully saturated rings. The zero-order valence-electron chi connectivity index (χ0n) is 18.1. The molecule has 2 saturated heterocycles. The summed E-state index contributed by atoms with van der Waals surface area (Å²) in [5.41, 5.74) is 0.568. The molecule has 0 saturated carbocycles. The molecular weight excluding hydrogens is 452 g/mol. The van der Waals surface area contributed by atoms with Gasteiger partial charge in [0, 0.05) is 25.3 Å². The lowest BCUT2D eigenvalue weighted by atomic mass is 9.96. The summed E-state index contributed by atoms with van der Waals surface area (Å²) in [5.74, 6) is -3.16. The van der Waals surface area contributed by atoms with Crippen molar-refractivity contribution in [1.29, 1.82) is 0 Å². The SMILES string of the molecule is O=C(O)c1cc(NS(=O)(=O)c2ccc(F)c(F)c2)ccc1N1CCC[C@@H](CN2CCCC2)C1. The van der Waals surface area contributed by atoms with E-state index >= 15 is 0 Å². The number of rotatable bonds is 7. The van der Waals surface area contributed by atoms with Crippen molar-refractivity contribution < 1.29 is 27.1 Å². The molecule has 2 heterocycles. The zero-order chi connectivity index (χ0) is 23.6. The van der Waals surface area contributed by atoms with Crippen molar-refractivity contribution in [1.82, 2.24) is 4.90 Å². The van der Waals surface area contributed by atoms with Gasteiger partial charge < -0.3 is 14.9 Å². The minimum atomic E-state index is -4.22. The fraction of sp³-hybridized carbons (Fsp3) is 0.435. The number of benzene rings is 2. The Balaban J connectivity index is 1.53. The van der Waals surface area contributed by atoms with Crippen molar-refractivity contribution in [2.24, 2.45) is 5.92 Å². The van der Waals surface area contributed by atoms with Gasteiger partial charge in [-0.15, -0.1) is 0 Å². The molecule has 2 aliphatic rings. The highest BCUT2D eigenvalue weighted by Crippen LogP contribution is 2.30. The highest BCUT2D eigenvalue weighted by molar-refractivity contribution is 7.92. The first kappa shape index (κ1) is 23.4. The predicted octanol–water partition coefficient (Wildman–Crippen LogP) is 3.78. The summed E-state index contributed by atoms with van der Waals surface area (Å²) in [7, 11) is -4.22. The highest BCUT2D eigenvalue weighted by Gasteiger charge is 2.26. The number of nitrogens with zero attached hydrogens (tertiary/aromatic N) is 2. The van der Waals surface area contributed by atoms with E-state index in [1.54, 1.807) is 6.07 Å². The molecular formula is C23H27F2N3O4S. The van der Waals surface area contributed by atoms with Gasteiger partial charge in [-0.25, -0.2) is 22.0 Å². The van der Waals surface area contributed by atoms with Gasteiger partial charge >= 0.3 is 5.97 Å². The van der Waals surface area contributed by atoms with Crippen LogP contribution in [-0.2, 0) is 10.0 Å². The first-order chi connectivity index (χ1) is 15.7. The summed E-state index contributed by atoms with van der Waals surface area (Å²) in [6.45, 7) is 4.71. The van der Waals surface area contributed by atoms with Crippen LogP contribution >= 0.6 is 0 Å². The average molecular weight is 480 g/mol. The molecule has 7 nitrogen and oxygen atoms in total. The van der Waals surface area contributed by atoms with Gasteiger partial charge in [0.15, 0.2) is 11.6 Å². The van der Waals surface area contributed by atoms with Crippen LogP contribution in [0.5, 0.6) is 0 Å². The van der Waals surface area contributed by atoms with Gasteiger partial charge in [0.05, 0.1) is 16.1 Å². The van der Waals surface area contributed by atoms with Crippen LogP contribution in [0.2, 0.25) is 0 Å². The number of likely N-dealkylation sites (tertiary alicyclic amines) is 1. The Labute approximate surface area is 192 Å². The van der Waals surface area contributed by atoms with Crippen LogP contribution in [0.4, 0.5) is 20.2 Å². The number of aromatic carboxylic acids is 1. The Kier molecular flexibility index (Phi) is 6.85. The topological polar surface area (TPSA) is 89.9 Å². The van der Waals surface area contributed by atoms with Crippen LogP contribution in [0.15, 0.2) is 41.3 Å². The highest BCUT2D eigenvalue weighted by atomic mass is 32.2. The number of carbonyl (C=O) groups is 1. The largest absolute Gasteiger partial charge is 0.478 e. The molecule has 4 rings (SSSR count). The Morgan fingerprint density at radius 1 is 1.03 bits per heavy atom. The molecule has 1 atom stereocenters. The molecule has 0 aliphatic carbocycles. The fourth-order valence-electron chi connectivity index (χ4n) is 4.67. The summed E-state index contributed by atoms with van der Waals surface area (Å²) in [5, 5.41) is 9.80. The van der Waals surface area contributed by atoms with Gasteiger partial charge in [-0.1, -0.05) is 0 Å². The van der Waals surface area contributed by atoms with E-state index in [1.807, 2.05) is 0 Å². The molecule has 2 aromatic rings. The van der Waals surface area contributed by atoms with Crippen LogP contribution in [0.25, 0.3) is 0 Å². The number of carboxylic acid groups (broad SMARTS) is 1. The summed E-state index contributed by atoms with van der Waals surface area (Å²) >= 11 is 0. The van der Waals surface area contributed by atoms with E-state index in [1.165, 1.54) is 25.0 Å². The Morgan fingerprint density at radius 2 is 1.79 bits per heavy atom. The molecule has 2 N–H and O–H groups in total. The maximum Gasteiger partial charge on any atom is 0.337 e. The summed E-state index contributed by atoms with van der Waals surface area (Å²) in [6, 6.07) is 6.61. The van der Waals surface area contributed by atoms with Crippen LogP contribution in [-0.4, -0.2) is 57.1 Å². The lowest BCUT2D eigenvalue weighted by Gasteiger charge is -2.36. The van der Waals surface area contributed by atoms with Crippen LogP contribution in [0, 0.1) is 17.6 Å². The molecule has 0 spiro atoms. The maximum atomic E-state index is 13.5. The average Bonchev–Trinajstić information content (AvgIpc) is 3.28. The number of anilines is 2. The van der Waals surface area contributed by atoms with E-state index in [9.17, 15) is 27.1 Å². The minimum absolute atomic E-state index is 0.0118. The second-order valence-corrected chi connectivity index (χ2v) is 10.4. The fourth-order valence-corrected chi connectivity index (χ4v) is 5.73. The Morgan fingerprint density at radius 3 is 2.48 bits per heavy atom. The van der Waals surface area contributed by atoms with Crippen molar-refractivity contribution in [3.05, 3.63) is 53.6 Å². The molecule has 0 aromatic heterocycles. The van der Waals surface area contributed by atoms with Crippen molar-refractivity contribution in [2.45, 2.75) is 30.6 Å². The monoisotopic (exact) mass is 479 g/mol. The zero-order valence-corrected chi connectivity index (χ0v) is 19.0. The van der Waals surface area contributed by atoms with E-state index < -0.39 is 32.5 Å². The lowest BCUT2D eigenvalue weighted by molar-refractivity contribution is 0.0697. The second-order valence-electron chi connectivity index (χ2n) is 8.68. The quantitative estimate of drug-likeness (QED) is 0.628. The lowest BCUT2D eigenvalue weighted by Crippen LogP contribution is -2.41. The first-order valence-electron chi connectivity index (χ1n) is 11.1. The first-order valence-corrected chi connectivity index (χ1v) is 12.5. The van der Waals surface area contributed by atoms with Gasteiger partial charge in [0.2, 0.25) is 0 Å². The molecule has 10 heteroatoms. The van der Waals surface area contributed by atoms with Crippen molar-refractivity contribution in [3.63, 3.8) is 0 Å². The minimum Gasteiger partial charge on any atom is -0.478 e. The number of hydrogen-bond donors (Lipinski definition) is 2. The molecule has 33 heavy (non-hydrogen) atoms. The molecule has 0 bridgehead atoms. The van der Waals surface area contributed by atoms with E-state index in [0.29, 0.717) is 17.7 Å². The van der Waals surface area contributed by atoms with Crippen LogP contribution in [0.3, 0.4) is 0 Å². The number of hydrogen-bond acceptors (Lipinski definition) is 5. The molecule has 2 aliphatic heterocycles. The van der Waals surface area contributed by atoms with Gasteiger partial charge in [0.25, 0.3) is 10.0 Å². The number of halogens is 2. The molecule has 0 radical (unpaired) electrons. The Bertz CT molecular complexity index is 1140. The smallest absolute Gasteiger partial charge is 0.337 e. The van der Waals surface area contributed by atoms with E-state index in [4.69, 9.17) is 0 Å². The third-order valence-corrected chi connectivity index (χ3v) is 7.63. The van der Waals surface area contributed by atoms with E-state index in [0.717, 1.165) is 57.7 Å². The summed E-state index contributed by atoms with van der Waals surface area (Å²) in [4.78, 5) is 16.1. The van der Waals surface area contributed by atoms with Gasteiger partial charge in [0.1, 0.15) is 0 Å². The number of piperidine rings is 1. The van der Waals surface area contributed by atoms with E-state index in [-0.39, 0.29) is 11.3 Å². The van der Waals surface area contributed by atoms with Crippen LogP contribution < -0.4 is 9.62 Å². The molecule has 178 valence electrons. The Hall–Kier alpha value is -2.72. The predicted molar refractivity (Wildman–Crippen MR) is 121 cm³/mol. The van der Waals surface area contributed by atoms with Gasteiger partial charge in [-0.05, 0) is 81.1 Å². The van der Waals surface area contributed by atoms with Gasteiger partial charge in [-0.3, -0.25) is 4.72 Å². The van der Waals surface area contributed by atoms with Crippen molar-refractivity contribution in [3.8, 4) is 0 Å². The third kappa shape index (κ3) is 5.44. The standard InChI is InChI=1S/C23H27F2N3O4S/c24-20-7-6-18(13-21(20)25)33(31,32)26-17-5-8-22(19(12-17)23(29)30)28-11-3-4-16(15-28)14-27-9-1-2-10-27/h5-8,12-13,16,26H,1-4,9-11,14-15H2,(H,29,30)/t16-/m0/s1. The number of nitrogens with one attached hydrogen (secondary N) is 1. The second kappa shape index (κ2) is 9.64. The number of sulfonamides is 1. The molecule has 2 aromatic carbocycles. The van der Waals surface area contributed by atoms with E-state index in [2.05, 4.69) is 14.5 Å². The molecule has 0 amide bonds. The third-order valence-electron chi connectivity index (χ3n) is 6.26. The van der Waals surface area contributed by atoms with Crippen molar-refractivity contribution in [2.75, 3.05) is 42.3 Å². The molecule has 0 unspecified atom stereocenters. The summed E-state index contributed by atoms with van der Waals surface area (Å²) in [6.07, 6.45) is 4.51. The van der Waals surface area contributed by atoms with Gasteiger partial charge in [-0.2, -0.15) is 0 Å². The van der Waals surface area contributed by atoms with Crippen molar-refractivity contribution >= 4 is 27.4 Å². The normalized spacial score (nSPS) is 19.6. The number of carboxylic acids is 1.